The van der Waals surface area contributed by atoms with Gasteiger partial charge in [-0.2, -0.15) is 0 Å². The second-order valence-electron chi connectivity index (χ2n) is 8.40. The number of hydrogen-bond donors (Lipinski definition) is 2. The molecule has 0 radical (unpaired) electrons. The molecule has 4 nitrogen and oxygen atoms in total. The van der Waals surface area contributed by atoms with Gasteiger partial charge in [-0.05, 0) is 37.0 Å². The maximum atomic E-state index is 13.6. The molecule has 1 aromatic carbocycles. The lowest BCUT2D eigenvalue weighted by Gasteiger charge is -2.55. The largest absolute Gasteiger partial charge is 0.377 e. The van der Waals surface area contributed by atoms with E-state index in [9.17, 15) is 4.39 Å². The zero-order valence-electron chi connectivity index (χ0n) is 15.7. The zero-order valence-corrected chi connectivity index (χ0v) is 18.0. The molecule has 4 rings (SSSR count). The fourth-order valence-electron chi connectivity index (χ4n) is 4.75. The van der Waals surface area contributed by atoms with E-state index in [4.69, 9.17) is 4.74 Å². The van der Waals surface area contributed by atoms with E-state index in [1.807, 2.05) is 13.1 Å². The normalized spacial score (nSPS) is 30.6. The summed E-state index contributed by atoms with van der Waals surface area (Å²) in [5.41, 5.74) is 1.26. The molecule has 0 aromatic heterocycles. The van der Waals surface area contributed by atoms with Crippen LogP contribution in [0.15, 0.2) is 29.3 Å². The highest BCUT2D eigenvalue weighted by atomic mass is 127. The van der Waals surface area contributed by atoms with Gasteiger partial charge in [0, 0.05) is 43.0 Å². The Morgan fingerprint density at radius 1 is 1.35 bits per heavy atom. The summed E-state index contributed by atoms with van der Waals surface area (Å²) in [7, 11) is 1.81. The van der Waals surface area contributed by atoms with E-state index in [2.05, 4.69) is 29.5 Å². The lowest BCUT2D eigenvalue weighted by atomic mass is 9.57. The van der Waals surface area contributed by atoms with Crippen LogP contribution >= 0.6 is 24.0 Å². The van der Waals surface area contributed by atoms with Crippen LogP contribution in [-0.2, 0) is 10.2 Å². The van der Waals surface area contributed by atoms with Gasteiger partial charge >= 0.3 is 0 Å². The number of ether oxygens (including phenoxy) is 1. The smallest absolute Gasteiger partial charge is 0.191 e. The minimum atomic E-state index is -0.158. The maximum Gasteiger partial charge on any atom is 0.191 e. The van der Waals surface area contributed by atoms with Crippen LogP contribution in [0.5, 0.6) is 0 Å². The fourth-order valence-corrected chi connectivity index (χ4v) is 4.75. The predicted molar refractivity (Wildman–Crippen MR) is 113 cm³/mol. The molecule has 3 fully saturated rings. The lowest BCUT2D eigenvalue weighted by Crippen LogP contribution is -2.68. The third kappa shape index (κ3) is 3.35. The van der Waals surface area contributed by atoms with Crippen molar-refractivity contribution in [1.82, 2.24) is 10.6 Å². The summed E-state index contributed by atoms with van der Waals surface area (Å²) in [6, 6.07) is 7.39. The standard InChI is InChI=1S/C20H28FN3O.HI/c1-19(2)16(15-7-10-25-17(15)19)24-18(22-3)23-12-20(8-9-20)13-5-4-6-14(21)11-13;/h4-6,11,15-17H,7-10,12H2,1-3H3,(H2,22,23,24);1H. The summed E-state index contributed by atoms with van der Waals surface area (Å²) < 4.78 is 19.4. The van der Waals surface area contributed by atoms with Gasteiger partial charge in [0.15, 0.2) is 5.96 Å². The molecule has 26 heavy (non-hydrogen) atoms. The molecule has 3 atom stereocenters. The summed E-state index contributed by atoms with van der Waals surface area (Å²) >= 11 is 0. The van der Waals surface area contributed by atoms with Gasteiger partial charge in [0.25, 0.3) is 0 Å². The lowest BCUT2D eigenvalue weighted by molar-refractivity contribution is -0.106. The van der Waals surface area contributed by atoms with Crippen molar-refractivity contribution in [2.24, 2.45) is 16.3 Å². The van der Waals surface area contributed by atoms with E-state index in [0.717, 1.165) is 43.9 Å². The second kappa shape index (κ2) is 7.26. The number of aliphatic imine (C=N–C) groups is 1. The first-order chi connectivity index (χ1) is 12.0. The number of rotatable bonds is 4. The summed E-state index contributed by atoms with van der Waals surface area (Å²) in [5, 5.41) is 7.10. The van der Waals surface area contributed by atoms with Gasteiger partial charge in [0.2, 0.25) is 0 Å². The first-order valence-electron chi connectivity index (χ1n) is 9.31. The van der Waals surface area contributed by atoms with E-state index < -0.39 is 0 Å². The molecule has 2 N–H and O–H groups in total. The highest BCUT2D eigenvalue weighted by Gasteiger charge is 2.59. The van der Waals surface area contributed by atoms with Crippen molar-refractivity contribution in [3.63, 3.8) is 0 Å². The molecule has 144 valence electrons. The van der Waals surface area contributed by atoms with E-state index in [0.29, 0.717) is 18.1 Å². The van der Waals surface area contributed by atoms with Crippen LogP contribution in [0.2, 0.25) is 0 Å². The van der Waals surface area contributed by atoms with Gasteiger partial charge in [-0.15, -0.1) is 24.0 Å². The topological polar surface area (TPSA) is 45.7 Å². The molecule has 1 aliphatic heterocycles. The Labute approximate surface area is 172 Å². The molecule has 0 bridgehead atoms. The molecule has 1 saturated heterocycles. The van der Waals surface area contributed by atoms with E-state index in [1.54, 1.807) is 12.1 Å². The van der Waals surface area contributed by atoms with Crippen LogP contribution in [0.3, 0.4) is 0 Å². The summed E-state index contributed by atoms with van der Waals surface area (Å²) in [6.45, 7) is 6.18. The monoisotopic (exact) mass is 473 g/mol. The Morgan fingerprint density at radius 3 is 2.77 bits per heavy atom. The van der Waals surface area contributed by atoms with Crippen molar-refractivity contribution in [3.05, 3.63) is 35.6 Å². The Hall–Kier alpha value is -0.890. The summed E-state index contributed by atoms with van der Waals surface area (Å²) in [5.74, 6) is 1.26. The number of nitrogens with zero attached hydrogens (tertiary/aromatic N) is 1. The minimum Gasteiger partial charge on any atom is -0.377 e. The third-order valence-electron chi connectivity index (χ3n) is 6.50. The predicted octanol–water partition coefficient (Wildman–Crippen LogP) is 3.45. The van der Waals surface area contributed by atoms with Gasteiger partial charge in [-0.25, -0.2) is 4.39 Å². The molecule has 0 amide bonds. The molecule has 0 spiro atoms. The summed E-state index contributed by atoms with van der Waals surface area (Å²) in [4.78, 5) is 4.41. The van der Waals surface area contributed by atoms with Crippen LogP contribution in [0.25, 0.3) is 0 Å². The van der Waals surface area contributed by atoms with Crippen LogP contribution in [0.1, 0.15) is 38.7 Å². The Bertz CT molecular complexity index is 689. The number of guanidine groups is 1. The Morgan fingerprint density at radius 2 is 2.12 bits per heavy atom. The van der Waals surface area contributed by atoms with E-state index in [1.165, 1.54) is 6.07 Å². The number of nitrogens with one attached hydrogen (secondary N) is 2. The average Bonchev–Trinajstić information content (AvgIpc) is 3.24. The average molecular weight is 473 g/mol. The molecular weight excluding hydrogens is 444 g/mol. The van der Waals surface area contributed by atoms with Crippen LogP contribution in [0, 0.1) is 17.2 Å². The number of hydrogen-bond acceptors (Lipinski definition) is 2. The number of fused-ring (bicyclic) bond motifs is 1. The Kier molecular flexibility index (Phi) is 5.55. The van der Waals surface area contributed by atoms with Crippen molar-refractivity contribution < 1.29 is 9.13 Å². The van der Waals surface area contributed by atoms with Crippen LogP contribution < -0.4 is 10.6 Å². The van der Waals surface area contributed by atoms with Crippen LogP contribution in [0.4, 0.5) is 4.39 Å². The van der Waals surface area contributed by atoms with Crippen molar-refractivity contribution in [3.8, 4) is 0 Å². The van der Waals surface area contributed by atoms with Gasteiger partial charge in [0.1, 0.15) is 5.82 Å². The second-order valence-corrected chi connectivity index (χ2v) is 8.40. The maximum absolute atomic E-state index is 13.6. The Balaban J connectivity index is 0.00000196. The van der Waals surface area contributed by atoms with Gasteiger partial charge in [-0.3, -0.25) is 4.99 Å². The number of halogens is 2. The fraction of sp³-hybridized carbons (Fsp3) is 0.650. The molecule has 2 aliphatic carbocycles. The molecule has 1 heterocycles. The van der Waals surface area contributed by atoms with Crippen molar-refractivity contribution in [1.29, 1.82) is 0 Å². The highest BCUT2D eigenvalue weighted by Crippen LogP contribution is 2.52. The molecule has 2 saturated carbocycles. The zero-order chi connectivity index (χ0) is 17.7. The molecule has 1 aromatic rings. The van der Waals surface area contributed by atoms with E-state index >= 15 is 0 Å². The quantitative estimate of drug-likeness (QED) is 0.400. The van der Waals surface area contributed by atoms with E-state index in [-0.39, 0.29) is 40.6 Å². The highest BCUT2D eigenvalue weighted by molar-refractivity contribution is 14.0. The van der Waals surface area contributed by atoms with Gasteiger partial charge in [0.05, 0.1) is 6.10 Å². The first-order valence-corrected chi connectivity index (χ1v) is 9.31. The van der Waals surface area contributed by atoms with Gasteiger partial charge < -0.3 is 15.4 Å². The van der Waals surface area contributed by atoms with Crippen LogP contribution in [-0.4, -0.2) is 38.3 Å². The third-order valence-corrected chi connectivity index (χ3v) is 6.50. The number of benzene rings is 1. The molecular formula is C20H29FIN3O. The SMILES string of the molecule is CN=C(NCC1(c2cccc(F)c2)CC1)NC1C2CCOC2C1(C)C.I. The summed E-state index contributed by atoms with van der Waals surface area (Å²) in [6.07, 6.45) is 3.67. The first kappa shape index (κ1) is 19.9. The van der Waals surface area contributed by atoms with Crippen molar-refractivity contribution in [2.45, 2.75) is 50.7 Å². The van der Waals surface area contributed by atoms with Crippen molar-refractivity contribution >= 4 is 29.9 Å². The van der Waals surface area contributed by atoms with Crippen molar-refractivity contribution in [2.75, 3.05) is 20.2 Å². The molecule has 6 heteroatoms. The van der Waals surface area contributed by atoms with Gasteiger partial charge in [-0.1, -0.05) is 26.0 Å². The molecule has 3 unspecified atom stereocenters. The molecule has 3 aliphatic rings. The minimum absolute atomic E-state index is 0.